The van der Waals surface area contributed by atoms with E-state index in [-0.39, 0.29) is 0 Å². The molecular formula is C16H31N. The fraction of sp³-hybridized carbons (Fsp3) is 0.875. The maximum Gasteiger partial charge on any atom is -0.00142 e. The molecule has 1 aliphatic carbocycles. The van der Waals surface area contributed by atoms with Crippen LogP contribution in [0.4, 0.5) is 0 Å². The van der Waals surface area contributed by atoms with Gasteiger partial charge >= 0.3 is 0 Å². The zero-order valence-corrected chi connectivity index (χ0v) is 12.2. The van der Waals surface area contributed by atoms with Crippen LogP contribution in [0.5, 0.6) is 0 Å². The van der Waals surface area contributed by atoms with Gasteiger partial charge in [-0.3, -0.25) is 0 Å². The SMILES string of the molecule is CC(C)CNCCC=CC1CC(C)CC(C)C1. The standard InChI is InChI=1S/C16H31N/c1-13(2)12-17-8-6-5-7-16-10-14(3)9-15(4)11-16/h5,7,13-17H,6,8-12H2,1-4H3. The van der Waals surface area contributed by atoms with E-state index in [1.807, 2.05) is 0 Å². The highest BCUT2D eigenvalue weighted by Crippen LogP contribution is 2.33. The molecule has 0 spiro atoms. The Hall–Kier alpha value is -0.300. The molecule has 0 radical (unpaired) electrons. The molecule has 17 heavy (non-hydrogen) atoms. The van der Waals surface area contributed by atoms with Crippen LogP contribution < -0.4 is 5.32 Å². The van der Waals surface area contributed by atoms with Crippen LogP contribution in [-0.4, -0.2) is 13.1 Å². The summed E-state index contributed by atoms with van der Waals surface area (Å²) >= 11 is 0. The Morgan fingerprint density at radius 2 is 1.76 bits per heavy atom. The highest BCUT2D eigenvalue weighted by molar-refractivity contribution is 4.92. The van der Waals surface area contributed by atoms with Gasteiger partial charge in [-0.2, -0.15) is 0 Å². The van der Waals surface area contributed by atoms with Gasteiger partial charge in [0.05, 0.1) is 0 Å². The van der Waals surface area contributed by atoms with E-state index in [2.05, 4.69) is 45.2 Å². The van der Waals surface area contributed by atoms with E-state index in [4.69, 9.17) is 0 Å². The Labute approximate surface area is 108 Å². The van der Waals surface area contributed by atoms with Crippen LogP contribution in [0.25, 0.3) is 0 Å². The van der Waals surface area contributed by atoms with Crippen molar-refractivity contribution in [2.24, 2.45) is 23.7 Å². The van der Waals surface area contributed by atoms with Gasteiger partial charge in [-0.15, -0.1) is 0 Å². The summed E-state index contributed by atoms with van der Waals surface area (Å²) in [7, 11) is 0. The molecule has 0 aromatic rings. The van der Waals surface area contributed by atoms with E-state index < -0.39 is 0 Å². The van der Waals surface area contributed by atoms with Gasteiger partial charge in [-0.05, 0) is 62.4 Å². The topological polar surface area (TPSA) is 12.0 Å². The molecule has 2 unspecified atom stereocenters. The molecule has 0 aromatic carbocycles. The predicted octanol–water partition coefficient (Wildman–Crippen LogP) is 4.25. The minimum absolute atomic E-state index is 0.763. The lowest BCUT2D eigenvalue weighted by molar-refractivity contribution is 0.252. The molecule has 1 nitrogen and oxygen atoms in total. The average molecular weight is 237 g/mol. The van der Waals surface area contributed by atoms with Crippen molar-refractivity contribution < 1.29 is 0 Å². The Balaban J connectivity index is 2.11. The van der Waals surface area contributed by atoms with Crippen molar-refractivity contribution in [2.45, 2.75) is 53.4 Å². The lowest BCUT2D eigenvalue weighted by Gasteiger charge is -2.29. The van der Waals surface area contributed by atoms with Crippen molar-refractivity contribution in [2.75, 3.05) is 13.1 Å². The van der Waals surface area contributed by atoms with Crippen molar-refractivity contribution in [3.05, 3.63) is 12.2 Å². The highest BCUT2D eigenvalue weighted by atomic mass is 14.8. The van der Waals surface area contributed by atoms with Crippen molar-refractivity contribution in [1.29, 1.82) is 0 Å². The third kappa shape index (κ3) is 6.88. The third-order valence-corrected chi connectivity index (χ3v) is 3.66. The molecule has 100 valence electrons. The maximum absolute atomic E-state index is 3.49. The van der Waals surface area contributed by atoms with E-state index in [1.165, 1.54) is 25.7 Å². The highest BCUT2D eigenvalue weighted by Gasteiger charge is 2.21. The second-order valence-electron chi connectivity index (χ2n) is 6.49. The Kier molecular flexibility index (Phi) is 6.87. The summed E-state index contributed by atoms with van der Waals surface area (Å²) in [6.07, 6.45) is 10.3. The number of hydrogen-bond acceptors (Lipinski definition) is 1. The van der Waals surface area contributed by atoms with Crippen LogP contribution in [0, 0.1) is 23.7 Å². The number of rotatable bonds is 6. The summed E-state index contributed by atoms with van der Waals surface area (Å²) in [6.45, 7) is 11.6. The first kappa shape index (κ1) is 14.8. The molecule has 1 rings (SSSR count). The summed E-state index contributed by atoms with van der Waals surface area (Å²) in [6, 6.07) is 0. The molecule has 1 heteroatoms. The summed E-state index contributed by atoms with van der Waals surface area (Å²) in [5.41, 5.74) is 0. The molecule has 1 fully saturated rings. The molecule has 2 atom stereocenters. The summed E-state index contributed by atoms with van der Waals surface area (Å²) in [5.74, 6) is 3.46. The molecule has 0 saturated heterocycles. The molecule has 0 aromatic heterocycles. The van der Waals surface area contributed by atoms with Crippen LogP contribution in [0.1, 0.15) is 53.4 Å². The van der Waals surface area contributed by atoms with Crippen LogP contribution in [0.3, 0.4) is 0 Å². The van der Waals surface area contributed by atoms with Gasteiger partial charge < -0.3 is 5.32 Å². The van der Waals surface area contributed by atoms with E-state index in [1.54, 1.807) is 0 Å². The molecule has 1 aliphatic rings. The van der Waals surface area contributed by atoms with Crippen LogP contribution >= 0.6 is 0 Å². The van der Waals surface area contributed by atoms with Gasteiger partial charge in [0.15, 0.2) is 0 Å². The minimum atomic E-state index is 0.763. The van der Waals surface area contributed by atoms with Crippen molar-refractivity contribution >= 4 is 0 Å². The Morgan fingerprint density at radius 3 is 2.35 bits per heavy atom. The normalized spacial score (nSPS) is 30.3. The van der Waals surface area contributed by atoms with Gasteiger partial charge in [0, 0.05) is 0 Å². The molecule has 0 aliphatic heterocycles. The largest absolute Gasteiger partial charge is 0.316 e. The van der Waals surface area contributed by atoms with Crippen LogP contribution in [0.2, 0.25) is 0 Å². The van der Waals surface area contributed by atoms with Gasteiger partial charge in [-0.25, -0.2) is 0 Å². The molecule has 0 heterocycles. The van der Waals surface area contributed by atoms with Crippen molar-refractivity contribution in [1.82, 2.24) is 5.32 Å². The number of allylic oxidation sites excluding steroid dienone is 1. The minimum Gasteiger partial charge on any atom is -0.316 e. The van der Waals surface area contributed by atoms with E-state index >= 15 is 0 Å². The zero-order chi connectivity index (χ0) is 12.7. The van der Waals surface area contributed by atoms with Crippen LogP contribution in [0.15, 0.2) is 12.2 Å². The van der Waals surface area contributed by atoms with E-state index in [0.29, 0.717) is 0 Å². The lowest BCUT2D eigenvalue weighted by Crippen LogP contribution is -2.20. The van der Waals surface area contributed by atoms with E-state index in [9.17, 15) is 0 Å². The van der Waals surface area contributed by atoms with Gasteiger partial charge in [-0.1, -0.05) is 39.8 Å². The Morgan fingerprint density at radius 1 is 1.12 bits per heavy atom. The summed E-state index contributed by atoms with van der Waals surface area (Å²) < 4.78 is 0. The Bertz CT molecular complexity index is 210. The van der Waals surface area contributed by atoms with E-state index in [0.717, 1.165) is 36.8 Å². The number of hydrogen-bond donors (Lipinski definition) is 1. The van der Waals surface area contributed by atoms with Crippen molar-refractivity contribution in [3.63, 3.8) is 0 Å². The molecular weight excluding hydrogens is 206 g/mol. The summed E-state index contributed by atoms with van der Waals surface area (Å²) in [4.78, 5) is 0. The van der Waals surface area contributed by atoms with Gasteiger partial charge in [0.25, 0.3) is 0 Å². The smallest absolute Gasteiger partial charge is 0.00142 e. The maximum atomic E-state index is 3.49. The molecule has 0 amide bonds. The second kappa shape index (κ2) is 7.92. The van der Waals surface area contributed by atoms with Gasteiger partial charge in [0.2, 0.25) is 0 Å². The predicted molar refractivity (Wildman–Crippen MR) is 77.1 cm³/mol. The van der Waals surface area contributed by atoms with Gasteiger partial charge in [0.1, 0.15) is 0 Å². The lowest BCUT2D eigenvalue weighted by atomic mass is 9.76. The number of nitrogens with one attached hydrogen (secondary N) is 1. The third-order valence-electron chi connectivity index (χ3n) is 3.66. The second-order valence-corrected chi connectivity index (χ2v) is 6.49. The first-order chi connectivity index (χ1) is 8.08. The quantitative estimate of drug-likeness (QED) is 0.538. The summed E-state index contributed by atoms with van der Waals surface area (Å²) in [5, 5.41) is 3.49. The first-order valence-corrected chi connectivity index (χ1v) is 7.45. The molecule has 1 N–H and O–H groups in total. The first-order valence-electron chi connectivity index (χ1n) is 7.45. The zero-order valence-electron chi connectivity index (χ0n) is 12.2. The molecule has 0 bridgehead atoms. The average Bonchev–Trinajstić information content (AvgIpc) is 2.21. The fourth-order valence-corrected chi connectivity index (χ4v) is 3.03. The van der Waals surface area contributed by atoms with Crippen molar-refractivity contribution in [3.8, 4) is 0 Å². The molecule has 1 saturated carbocycles. The van der Waals surface area contributed by atoms with Crippen LogP contribution in [-0.2, 0) is 0 Å². The monoisotopic (exact) mass is 237 g/mol. The fourth-order valence-electron chi connectivity index (χ4n) is 3.03.